The molecule has 0 aliphatic carbocycles. The fourth-order valence-corrected chi connectivity index (χ4v) is 3.17. The van der Waals surface area contributed by atoms with Gasteiger partial charge in [0.2, 0.25) is 0 Å². The number of aromatic hydroxyl groups is 1. The summed E-state index contributed by atoms with van der Waals surface area (Å²) in [6.07, 6.45) is 1.30. The van der Waals surface area contributed by atoms with Crippen LogP contribution in [-0.2, 0) is 26.1 Å². The molecular weight excluding hydrogens is 324 g/mol. The van der Waals surface area contributed by atoms with Crippen LogP contribution >= 0.6 is 0 Å². The molecule has 0 aliphatic heterocycles. The van der Waals surface area contributed by atoms with Crippen molar-refractivity contribution in [3.8, 4) is 5.75 Å². The molecule has 0 spiro atoms. The van der Waals surface area contributed by atoms with E-state index in [-0.39, 0.29) is 13.2 Å². The van der Waals surface area contributed by atoms with Crippen LogP contribution in [0.4, 0.5) is 0 Å². The molecule has 3 N–H and O–H groups in total. The second kappa shape index (κ2) is 8.17. The number of hydrogen-bond donors (Lipinski definition) is 3. The van der Waals surface area contributed by atoms with Crippen LogP contribution in [0.1, 0.15) is 38.9 Å². The average molecular weight is 348 g/mol. The number of benzene rings is 3. The van der Waals surface area contributed by atoms with E-state index in [9.17, 15) is 5.11 Å². The third-order valence-corrected chi connectivity index (χ3v) is 4.61. The van der Waals surface area contributed by atoms with Crippen LogP contribution in [0.2, 0.25) is 0 Å². The highest BCUT2D eigenvalue weighted by Gasteiger charge is 2.10. The lowest BCUT2D eigenvalue weighted by Crippen LogP contribution is -1.97. The molecule has 0 unspecified atom stereocenters. The van der Waals surface area contributed by atoms with Crippen molar-refractivity contribution >= 4 is 0 Å². The standard InChI is InChI=1S/C23H24O3/c1-16-10-21(12-17-2-6-19(14-24)7-3-17)23(26)22(11-16)13-18-4-8-20(15-25)9-5-18/h2-11,24-26H,12-15H2,1H3. The summed E-state index contributed by atoms with van der Waals surface area (Å²) in [5.41, 5.74) is 6.89. The molecular formula is C23H24O3. The van der Waals surface area contributed by atoms with E-state index in [1.807, 2.05) is 67.6 Å². The number of phenolic OH excluding ortho intramolecular Hbond substituents is 1. The van der Waals surface area contributed by atoms with Gasteiger partial charge in [-0.3, -0.25) is 0 Å². The Bertz CT molecular complexity index is 794. The van der Waals surface area contributed by atoms with Gasteiger partial charge in [0.05, 0.1) is 13.2 Å². The Morgan fingerprint density at radius 3 is 1.31 bits per heavy atom. The van der Waals surface area contributed by atoms with Crippen LogP contribution in [0.25, 0.3) is 0 Å². The highest BCUT2D eigenvalue weighted by atomic mass is 16.3. The van der Waals surface area contributed by atoms with E-state index in [2.05, 4.69) is 0 Å². The summed E-state index contributed by atoms with van der Waals surface area (Å²) >= 11 is 0. The van der Waals surface area contributed by atoms with Crippen LogP contribution in [0, 0.1) is 6.92 Å². The third-order valence-electron chi connectivity index (χ3n) is 4.61. The second-order valence-corrected chi connectivity index (χ2v) is 6.73. The number of rotatable bonds is 6. The molecule has 3 nitrogen and oxygen atoms in total. The van der Waals surface area contributed by atoms with Crippen LogP contribution in [0.3, 0.4) is 0 Å². The van der Waals surface area contributed by atoms with Gasteiger partial charge in [-0.2, -0.15) is 0 Å². The molecule has 0 radical (unpaired) electrons. The Labute approximate surface area is 154 Å². The van der Waals surface area contributed by atoms with E-state index in [0.717, 1.165) is 38.9 Å². The largest absolute Gasteiger partial charge is 0.507 e. The minimum atomic E-state index is 0.0369. The minimum Gasteiger partial charge on any atom is -0.507 e. The van der Waals surface area contributed by atoms with Crippen molar-refractivity contribution in [3.05, 3.63) is 99.6 Å². The summed E-state index contributed by atoms with van der Waals surface area (Å²) in [4.78, 5) is 0. The molecule has 3 rings (SSSR count). The van der Waals surface area contributed by atoms with Crippen molar-refractivity contribution in [2.24, 2.45) is 0 Å². The summed E-state index contributed by atoms with van der Waals surface area (Å²) in [7, 11) is 0. The van der Waals surface area contributed by atoms with E-state index >= 15 is 0 Å². The first kappa shape index (κ1) is 18.2. The lowest BCUT2D eigenvalue weighted by molar-refractivity contribution is 0.281. The molecule has 3 heteroatoms. The smallest absolute Gasteiger partial charge is 0.122 e. The molecule has 3 aromatic rings. The number of phenols is 1. The Kier molecular flexibility index (Phi) is 5.71. The van der Waals surface area contributed by atoms with Gasteiger partial charge in [0.15, 0.2) is 0 Å². The SMILES string of the molecule is Cc1cc(Cc2ccc(CO)cc2)c(O)c(Cc2ccc(CO)cc2)c1. The van der Waals surface area contributed by atoms with Crippen LogP contribution in [0.5, 0.6) is 5.75 Å². The van der Waals surface area contributed by atoms with Crippen molar-refractivity contribution in [2.45, 2.75) is 33.0 Å². The first-order chi connectivity index (χ1) is 12.6. The maximum Gasteiger partial charge on any atom is 0.122 e. The summed E-state index contributed by atoms with van der Waals surface area (Å²) in [5, 5.41) is 29.1. The molecule has 0 heterocycles. The topological polar surface area (TPSA) is 60.7 Å². The van der Waals surface area contributed by atoms with E-state index in [4.69, 9.17) is 10.2 Å². The molecule has 0 fully saturated rings. The van der Waals surface area contributed by atoms with Crippen LogP contribution in [-0.4, -0.2) is 15.3 Å². The molecule has 0 amide bonds. The van der Waals surface area contributed by atoms with Gasteiger partial charge in [0, 0.05) is 12.8 Å². The highest BCUT2D eigenvalue weighted by Crippen LogP contribution is 2.29. The lowest BCUT2D eigenvalue weighted by atomic mass is 9.95. The zero-order valence-corrected chi connectivity index (χ0v) is 14.9. The summed E-state index contributed by atoms with van der Waals surface area (Å²) < 4.78 is 0. The lowest BCUT2D eigenvalue weighted by Gasteiger charge is -2.13. The normalized spacial score (nSPS) is 10.9. The number of aryl methyl sites for hydroxylation is 1. The highest BCUT2D eigenvalue weighted by molar-refractivity contribution is 5.47. The van der Waals surface area contributed by atoms with Gasteiger partial charge in [-0.15, -0.1) is 0 Å². The number of aliphatic hydroxyl groups excluding tert-OH is 2. The molecule has 0 atom stereocenters. The maximum absolute atomic E-state index is 10.8. The number of aliphatic hydroxyl groups is 2. The van der Waals surface area contributed by atoms with Gasteiger partial charge < -0.3 is 15.3 Å². The predicted octanol–water partition coefficient (Wildman–Crippen LogP) is 3.87. The van der Waals surface area contributed by atoms with Crippen molar-refractivity contribution in [3.63, 3.8) is 0 Å². The monoisotopic (exact) mass is 348 g/mol. The van der Waals surface area contributed by atoms with Crippen molar-refractivity contribution in [1.29, 1.82) is 0 Å². The van der Waals surface area contributed by atoms with Crippen LogP contribution < -0.4 is 0 Å². The fraction of sp³-hybridized carbons (Fsp3) is 0.217. The summed E-state index contributed by atoms with van der Waals surface area (Å²) in [6, 6.07) is 19.6. The maximum atomic E-state index is 10.8. The summed E-state index contributed by atoms with van der Waals surface area (Å²) in [5.74, 6) is 0.341. The Morgan fingerprint density at radius 1 is 0.615 bits per heavy atom. The summed E-state index contributed by atoms with van der Waals surface area (Å²) in [6.45, 7) is 2.11. The molecule has 0 saturated heterocycles. The quantitative estimate of drug-likeness (QED) is 0.634. The minimum absolute atomic E-state index is 0.0369. The van der Waals surface area contributed by atoms with E-state index in [0.29, 0.717) is 18.6 Å². The first-order valence-electron chi connectivity index (χ1n) is 8.77. The van der Waals surface area contributed by atoms with E-state index < -0.39 is 0 Å². The predicted molar refractivity (Wildman–Crippen MR) is 103 cm³/mol. The zero-order valence-electron chi connectivity index (χ0n) is 14.9. The molecule has 26 heavy (non-hydrogen) atoms. The van der Waals surface area contributed by atoms with Crippen LogP contribution in [0.15, 0.2) is 60.7 Å². The first-order valence-corrected chi connectivity index (χ1v) is 8.77. The van der Waals surface area contributed by atoms with E-state index in [1.54, 1.807) is 0 Å². The third kappa shape index (κ3) is 4.31. The zero-order chi connectivity index (χ0) is 18.5. The second-order valence-electron chi connectivity index (χ2n) is 6.73. The Hall–Kier alpha value is -2.62. The Morgan fingerprint density at radius 2 is 0.962 bits per heavy atom. The average Bonchev–Trinajstić information content (AvgIpc) is 2.66. The van der Waals surface area contributed by atoms with Gasteiger partial charge in [0.25, 0.3) is 0 Å². The Balaban J connectivity index is 1.84. The van der Waals surface area contributed by atoms with E-state index in [1.165, 1.54) is 0 Å². The number of hydrogen-bond acceptors (Lipinski definition) is 3. The van der Waals surface area contributed by atoms with Crippen molar-refractivity contribution in [2.75, 3.05) is 0 Å². The molecule has 0 aliphatic rings. The van der Waals surface area contributed by atoms with Gasteiger partial charge >= 0.3 is 0 Å². The molecule has 134 valence electrons. The van der Waals surface area contributed by atoms with Crippen molar-refractivity contribution in [1.82, 2.24) is 0 Å². The van der Waals surface area contributed by atoms with Gasteiger partial charge in [-0.25, -0.2) is 0 Å². The van der Waals surface area contributed by atoms with Gasteiger partial charge in [-0.05, 0) is 40.3 Å². The van der Waals surface area contributed by atoms with Gasteiger partial charge in [-0.1, -0.05) is 66.2 Å². The molecule has 0 bridgehead atoms. The molecule has 3 aromatic carbocycles. The molecule has 0 aromatic heterocycles. The van der Waals surface area contributed by atoms with Crippen molar-refractivity contribution < 1.29 is 15.3 Å². The fourth-order valence-electron chi connectivity index (χ4n) is 3.17. The van der Waals surface area contributed by atoms with Gasteiger partial charge in [0.1, 0.15) is 5.75 Å². The molecule has 0 saturated carbocycles.